The standard InChI is InChI=1S/C15H23ClN4O/c1-5-11-12-14(19(3)18-11)20(13(17-12)10(2)16)9-15(21-4)7-6-8-15/h10H,5-9H2,1-4H3. The van der Waals surface area contributed by atoms with Gasteiger partial charge in [-0.25, -0.2) is 4.98 Å². The first-order valence-corrected chi connectivity index (χ1v) is 8.06. The van der Waals surface area contributed by atoms with Gasteiger partial charge < -0.3 is 9.30 Å². The first kappa shape index (κ1) is 14.9. The summed E-state index contributed by atoms with van der Waals surface area (Å²) in [4.78, 5) is 4.77. The molecular formula is C15H23ClN4O. The van der Waals surface area contributed by atoms with Crippen LogP contribution in [0.1, 0.15) is 50.0 Å². The van der Waals surface area contributed by atoms with E-state index in [9.17, 15) is 0 Å². The quantitative estimate of drug-likeness (QED) is 0.797. The highest BCUT2D eigenvalue weighted by atomic mass is 35.5. The average molecular weight is 311 g/mol. The minimum absolute atomic E-state index is 0.0647. The topological polar surface area (TPSA) is 44.9 Å². The first-order valence-electron chi connectivity index (χ1n) is 7.62. The number of nitrogens with zero attached hydrogens (tertiary/aromatic N) is 4. The highest BCUT2D eigenvalue weighted by molar-refractivity contribution is 6.20. The van der Waals surface area contributed by atoms with Crippen LogP contribution in [0.5, 0.6) is 0 Å². The summed E-state index contributed by atoms with van der Waals surface area (Å²) in [6.07, 6.45) is 4.29. The van der Waals surface area contributed by atoms with E-state index in [4.69, 9.17) is 21.3 Å². The summed E-state index contributed by atoms with van der Waals surface area (Å²) in [6.45, 7) is 4.88. The number of ether oxygens (including phenoxy) is 1. The van der Waals surface area contributed by atoms with Crippen LogP contribution in [-0.2, 0) is 24.8 Å². The van der Waals surface area contributed by atoms with Crippen molar-refractivity contribution in [3.05, 3.63) is 11.5 Å². The van der Waals surface area contributed by atoms with E-state index >= 15 is 0 Å². The van der Waals surface area contributed by atoms with Gasteiger partial charge in [0.05, 0.1) is 23.2 Å². The molecule has 1 unspecified atom stereocenters. The Hall–Kier alpha value is -1.07. The van der Waals surface area contributed by atoms with Crippen LogP contribution in [0.4, 0.5) is 0 Å². The molecule has 1 aliphatic carbocycles. The normalized spacial score (nSPS) is 18.9. The number of rotatable bonds is 5. The third-order valence-electron chi connectivity index (χ3n) is 4.66. The van der Waals surface area contributed by atoms with Gasteiger partial charge >= 0.3 is 0 Å². The van der Waals surface area contributed by atoms with Crippen LogP contribution in [0.2, 0.25) is 0 Å². The Bertz CT molecular complexity index is 649. The van der Waals surface area contributed by atoms with E-state index in [1.165, 1.54) is 6.42 Å². The fourth-order valence-corrected chi connectivity index (χ4v) is 3.41. The van der Waals surface area contributed by atoms with Crippen molar-refractivity contribution in [1.29, 1.82) is 0 Å². The minimum Gasteiger partial charge on any atom is -0.376 e. The number of fused-ring (bicyclic) bond motifs is 1. The molecule has 0 aliphatic heterocycles. The van der Waals surface area contributed by atoms with E-state index in [0.717, 1.165) is 48.5 Å². The van der Waals surface area contributed by atoms with Crippen LogP contribution >= 0.6 is 11.6 Å². The molecular weight excluding hydrogens is 288 g/mol. The molecule has 2 aromatic rings. The zero-order valence-corrected chi connectivity index (χ0v) is 13.9. The smallest absolute Gasteiger partial charge is 0.158 e. The molecule has 0 aromatic carbocycles. The largest absolute Gasteiger partial charge is 0.376 e. The lowest BCUT2D eigenvalue weighted by Crippen LogP contribution is -2.43. The van der Waals surface area contributed by atoms with Gasteiger partial charge in [0.15, 0.2) is 5.65 Å². The molecule has 1 saturated carbocycles. The molecule has 0 N–H and O–H groups in total. The van der Waals surface area contributed by atoms with Crippen molar-refractivity contribution >= 4 is 22.8 Å². The molecule has 5 nitrogen and oxygen atoms in total. The SMILES string of the molecule is CCc1nn(C)c2c1nc(C(C)Cl)n2CC1(OC)CCC1. The highest BCUT2D eigenvalue weighted by Gasteiger charge is 2.39. The molecule has 1 atom stereocenters. The zero-order valence-electron chi connectivity index (χ0n) is 13.2. The fraction of sp³-hybridized carbons (Fsp3) is 0.733. The average Bonchev–Trinajstić information content (AvgIpc) is 2.92. The number of hydrogen-bond donors (Lipinski definition) is 0. The summed E-state index contributed by atoms with van der Waals surface area (Å²) in [6, 6.07) is 0. The van der Waals surface area contributed by atoms with Gasteiger partial charge in [-0.3, -0.25) is 4.68 Å². The Kier molecular flexibility index (Phi) is 3.74. The van der Waals surface area contributed by atoms with Crippen LogP contribution in [0, 0.1) is 0 Å². The van der Waals surface area contributed by atoms with Crippen LogP contribution in [0.3, 0.4) is 0 Å². The third-order valence-corrected chi connectivity index (χ3v) is 4.85. The lowest BCUT2D eigenvalue weighted by molar-refractivity contribution is -0.0834. The van der Waals surface area contributed by atoms with Gasteiger partial charge in [-0.05, 0) is 32.6 Å². The summed E-state index contributed by atoms with van der Waals surface area (Å²) in [5.41, 5.74) is 3.00. The van der Waals surface area contributed by atoms with Crippen LogP contribution in [-0.4, -0.2) is 32.0 Å². The molecule has 116 valence electrons. The lowest BCUT2D eigenvalue weighted by Gasteiger charge is -2.41. The Morgan fingerprint density at radius 1 is 1.43 bits per heavy atom. The second-order valence-electron chi connectivity index (χ2n) is 6.01. The predicted molar refractivity (Wildman–Crippen MR) is 83.7 cm³/mol. The van der Waals surface area contributed by atoms with Gasteiger partial charge in [0.2, 0.25) is 0 Å². The summed E-state index contributed by atoms with van der Waals surface area (Å²) in [5.74, 6) is 0.915. The van der Waals surface area contributed by atoms with E-state index in [1.807, 2.05) is 18.7 Å². The molecule has 1 aliphatic rings. The van der Waals surface area contributed by atoms with Crippen molar-refractivity contribution in [1.82, 2.24) is 19.3 Å². The molecule has 0 amide bonds. The van der Waals surface area contributed by atoms with Crippen molar-refractivity contribution in [2.45, 2.75) is 57.1 Å². The molecule has 0 radical (unpaired) electrons. The van der Waals surface area contributed by atoms with E-state index in [1.54, 1.807) is 7.11 Å². The third kappa shape index (κ3) is 2.27. The molecule has 6 heteroatoms. The zero-order chi connectivity index (χ0) is 15.2. The Morgan fingerprint density at radius 2 is 2.14 bits per heavy atom. The van der Waals surface area contributed by atoms with E-state index in [-0.39, 0.29) is 11.0 Å². The molecule has 2 aromatic heterocycles. The maximum absolute atomic E-state index is 6.36. The maximum atomic E-state index is 6.36. The molecule has 2 heterocycles. The van der Waals surface area contributed by atoms with Crippen LogP contribution in [0.25, 0.3) is 11.2 Å². The van der Waals surface area contributed by atoms with Crippen LogP contribution in [0.15, 0.2) is 0 Å². The summed E-state index contributed by atoms with van der Waals surface area (Å²) < 4.78 is 9.92. The Balaban J connectivity index is 2.14. The second-order valence-corrected chi connectivity index (χ2v) is 6.66. The number of alkyl halides is 1. The van der Waals surface area contributed by atoms with Gasteiger partial charge in [0.25, 0.3) is 0 Å². The van der Waals surface area contributed by atoms with Gasteiger partial charge in [0.1, 0.15) is 11.3 Å². The summed E-state index contributed by atoms with van der Waals surface area (Å²) >= 11 is 6.36. The molecule has 0 spiro atoms. The number of aromatic nitrogens is 4. The van der Waals surface area contributed by atoms with Crippen molar-refractivity contribution in [2.75, 3.05) is 7.11 Å². The van der Waals surface area contributed by atoms with E-state index in [0.29, 0.717) is 0 Å². The number of aryl methyl sites for hydroxylation is 2. The van der Waals surface area contributed by atoms with E-state index in [2.05, 4.69) is 16.6 Å². The molecule has 3 rings (SSSR count). The lowest BCUT2D eigenvalue weighted by atomic mass is 9.80. The van der Waals surface area contributed by atoms with Gasteiger partial charge in [-0.15, -0.1) is 11.6 Å². The van der Waals surface area contributed by atoms with Crippen molar-refractivity contribution in [3.63, 3.8) is 0 Å². The molecule has 0 bridgehead atoms. The van der Waals surface area contributed by atoms with Crippen LogP contribution < -0.4 is 0 Å². The Morgan fingerprint density at radius 3 is 2.62 bits per heavy atom. The molecule has 1 fully saturated rings. The summed E-state index contributed by atoms with van der Waals surface area (Å²) in [5, 5.41) is 4.45. The van der Waals surface area contributed by atoms with Crippen molar-refractivity contribution < 1.29 is 4.74 Å². The van der Waals surface area contributed by atoms with Crippen molar-refractivity contribution in [3.8, 4) is 0 Å². The Labute approximate surface area is 130 Å². The van der Waals surface area contributed by atoms with Crippen molar-refractivity contribution in [2.24, 2.45) is 7.05 Å². The second kappa shape index (κ2) is 5.29. The molecule has 21 heavy (non-hydrogen) atoms. The van der Waals surface area contributed by atoms with E-state index < -0.39 is 0 Å². The maximum Gasteiger partial charge on any atom is 0.158 e. The summed E-state index contributed by atoms with van der Waals surface area (Å²) in [7, 11) is 3.78. The predicted octanol–water partition coefficient (Wildman–Crippen LogP) is 3.20. The number of methoxy groups -OCH3 is 1. The monoisotopic (exact) mass is 310 g/mol. The minimum atomic E-state index is -0.129. The fourth-order valence-electron chi connectivity index (χ4n) is 3.24. The highest BCUT2D eigenvalue weighted by Crippen LogP contribution is 2.38. The molecule has 0 saturated heterocycles. The number of halogens is 1. The van der Waals surface area contributed by atoms with Gasteiger partial charge in [-0.1, -0.05) is 6.92 Å². The van der Waals surface area contributed by atoms with Gasteiger partial charge in [0, 0.05) is 14.2 Å². The number of hydrogen-bond acceptors (Lipinski definition) is 3. The number of imidazole rings is 1. The van der Waals surface area contributed by atoms with Gasteiger partial charge in [-0.2, -0.15) is 5.10 Å². The first-order chi connectivity index (χ1) is 10.0.